The van der Waals surface area contributed by atoms with Crippen molar-refractivity contribution in [2.75, 3.05) is 25.2 Å². The fourth-order valence-corrected chi connectivity index (χ4v) is 1.62. The van der Waals surface area contributed by atoms with E-state index in [1.54, 1.807) is 11.8 Å². The highest BCUT2D eigenvalue weighted by Crippen LogP contribution is 1.99. The van der Waals surface area contributed by atoms with E-state index in [1.165, 1.54) is 0 Å². The number of nitrogens with one attached hydrogen (secondary N) is 1. The topological polar surface area (TPSA) is 75.4 Å². The van der Waals surface area contributed by atoms with Crippen LogP contribution in [0.25, 0.3) is 0 Å². The largest absolute Gasteiger partial charge is 0.396 e. The van der Waals surface area contributed by atoms with Gasteiger partial charge in [0.05, 0.1) is 6.04 Å². The molecule has 1 amide bonds. The molecular weight excluding hydrogens is 212 g/mol. The minimum atomic E-state index is -0.379. The Bertz CT molecular complexity index is 168. The highest BCUT2D eigenvalue weighted by molar-refractivity contribution is 7.98. The van der Waals surface area contributed by atoms with Crippen LogP contribution >= 0.6 is 11.8 Å². The number of thioether (sulfide) groups is 1. The van der Waals surface area contributed by atoms with Crippen LogP contribution in [0.4, 0.5) is 0 Å². The van der Waals surface area contributed by atoms with Gasteiger partial charge in [-0.15, -0.1) is 0 Å². The first-order chi connectivity index (χ1) is 7.22. The van der Waals surface area contributed by atoms with Crippen LogP contribution in [0.1, 0.15) is 25.7 Å². The summed E-state index contributed by atoms with van der Waals surface area (Å²) in [6.45, 7) is 0.882. The van der Waals surface area contributed by atoms with Gasteiger partial charge in [-0.3, -0.25) is 4.79 Å². The van der Waals surface area contributed by atoms with Gasteiger partial charge in [0.25, 0.3) is 0 Å². The molecule has 0 aromatic rings. The summed E-state index contributed by atoms with van der Waals surface area (Å²) in [7, 11) is 0. The van der Waals surface area contributed by atoms with E-state index in [0.717, 1.165) is 31.4 Å². The van der Waals surface area contributed by atoms with E-state index in [9.17, 15) is 4.79 Å². The lowest BCUT2D eigenvalue weighted by atomic mass is 10.2. The van der Waals surface area contributed by atoms with Crippen molar-refractivity contribution in [1.29, 1.82) is 0 Å². The monoisotopic (exact) mass is 234 g/mol. The van der Waals surface area contributed by atoms with Crippen LogP contribution in [-0.2, 0) is 4.79 Å². The number of unbranched alkanes of at least 4 members (excludes halogenated alkanes) is 2. The maximum absolute atomic E-state index is 11.4. The Labute approximate surface area is 96.0 Å². The van der Waals surface area contributed by atoms with Crippen molar-refractivity contribution in [2.45, 2.75) is 31.7 Å². The van der Waals surface area contributed by atoms with Gasteiger partial charge in [-0.1, -0.05) is 0 Å². The Hall–Kier alpha value is -0.260. The predicted octanol–water partition coefficient (Wildman–Crippen LogP) is 0.346. The summed E-state index contributed by atoms with van der Waals surface area (Å²) in [4.78, 5) is 11.4. The Kier molecular flexibility index (Phi) is 10.1. The second-order valence-electron chi connectivity index (χ2n) is 3.46. The Morgan fingerprint density at radius 2 is 2.20 bits per heavy atom. The van der Waals surface area contributed by atoms with Gasteiger partial charge in [0, 0.05) is 13.2 Å². The molecule has 0 heterocycles. The third-order valence-electron chi connectivity index (χ3n) is 2.10. The lowest BCUT2D eigenvalue weighted by Crippen LogP contribution is -2.41. The summed E-state index contributed by atoms with van der Waals surface area (Å²) in [5.41, 5.74) is 5.68. The van der Waals surface area contributed by atoms with E-state index >= 15 is 0 Å². The number of rotatable bonds is 9. The highest BCUT2D eigenvalue weighted by Gasteiger charge is 2.11. The number of carbonyl (C=O) groups is 1. The summed E-state index contributed by atoms with van der Waals surface area (Å²) in [6.07, 6.45) is 5.37. The van der Waals surface area contributed by atoms with Gasteiger partial charge < -0.3 is 16.2 Å². The van der Waals surface area contributed by atoms with Crippen molar-refractivity contribution < 1.29 is 9.90 Å². The van der Waals surface area contributed by atoms with Crippen LogP contribution in [0.15, 0.2) is 0 Å². The number of amides is 1. The fourth-order valence-electron chi connectivity index (χ4n) is 1.13. The quantitative estimate of drug-likeness (QED) is 0.503. The number of hydrogen-bond acceptors (Lipinski definition) is 4. The molecule has 0 unspecified atom stereocenters. The van der Waals surface area contributed by atoms with E-state index in [0.29, 0.717) is 6.54 Å². The SMILES string of the molecule is CSCC[C@H](N)C(=O)NCCCCCO. The number of aliphatic hydroxyl groups is 1. The first kappa shape index (κ1) is 14.7. The molecule has 0 rings (SSSR count). The zero-order valence-electron chi connectivity index (χ0n) is 9.37. The van der Waals surface area contributed by atoms with Gasteiger partial charge >= 0.3 is 0 Å². The molecule has 0 radical (unpaired) electrons. The summed E-state index contributed by atoms with van der Waals surface area (Å²) < 4.78 is 0. The molecule has 0 aliphatic rings. The van der Waals surface area contributed by atoms with E-state index in [-0.39, 0.29) is 18.6 Å². The standard InChI is InChI=1S/C10H22N2O2S/c1-15-8-5-9(11)10(14)12-6-3-2-4-7-13/h9,13H,2-8,11H2,1H3,(H,12,14)/t9-/m0/s1. The molecular formula is C10H22N2O2S. The predicted molar refractivity (Wildman–Crippen MR) is 64.9 cm³/mol. The molecule has 1 atom stereocenters. The molecule has 0 aliphatic heterocycles. The van der Waals surface area contributed by atoms with Crippen molar-refractivity contribution >= 4 is 17.7 Å². The molecule has 4 N–H and O–H groups in total. The second kappa shape index (κ2) is 10.3. The number of hydrogen-bond donors (Lipinski definition) is 3. The van der Waals surface area contributed by atoms with E-state index in [2.05, 4.69) is 5.32 Å². The van der Waals surface area contributed by atoms with Crippen molar-refractivity contribution in [3.63, 3.8) is 0 Å². The molecule has 0 aliphatic carbocycles. The number of carbonyl (C=O) groups excluding carboxylic acids is 1. The first-order valence-electron chi connectivity index (χ1n) is 5.35. The molecule has 0 saturated heterocycles. The first-order valence-corrected chi connectivity index (χ1v) is 6.74. The minimum absolute atomic E-state index is 0.0620. The van der Waals surface area contributed by atoms with Crippen molar-refractivity contribution in [3.05, 3.63) is 0 Å². The third-order valence-corrected chi connectivity index (χ3v) is 2.75. The molecule has 15 heavy (non-hydrogen) atoms. The molecule has 5 heteroatoms. The zero-order valence-corrected chi connectivity index (χ0v) is 10.2. The molecule has 0 aromatic carbocycles. The lowest BCUT2D eigenvalue weighted by molar-refractivity contribution is -0.122. The average molecular weight is 234 g/mol. The normalized spacial score (nSPS) is 12.5. The molecule has 0 bridgehead atoms. The molecule has 0 fully saturated rings. The maximum Gasteiger partial charge on any atom is 0.236 e. The van der Waals surface area contributed by atoms with Crippen molar-refractivity contribution in [1.82, 2.24) is 5.32 Å². The zero-order chi connectivity index (χ0) is 11.5. The van der Waals surface area contributed by atoms with Gasteiger partial charge in [-0.05, 0) is 37.7 Å². The van der Waals surface area contributed by atoms with Gasteiger partial charge in [-0.2, -0.15) is 11.8 Å². The van der Waals surface area contributed by atoms with Crippen LogP contribution in [0.2, 0.25) is 0 Å². The molecule has 0 spiro atoms. The molecule has 0 saturated carbocycles. The Balaban J connectivity index is 3.38. The summed E-state index contributed by atoms with van der Waals surface area (Å²) in [5.74, 6) is 0.854. The molecule has 4 nitrogen and oxygen atoms in total. The van der Waals surface area contributed by atoms with Crippen molar-refractivity contribution in [2.24, 2.45) is 5.73 Å². The van der Waals surface area contributed by atoms with Crippen molar-refractivity contribution in [3.8, 4) is 0 Å². The van der Waals surface area contributed by atoms with E-state index in [4.69, 9.17) is 10.8 Å². The molecule has 0 aromatic heterocycles. The highest BCUT2D eigenvalue weighted by atomic mass is 32.2. The van der Waals surface area contributed by atoms with Crippen LogP contribution in [0.3, 0.4) is 0 Å². The fraction of sp³-hybridized carbons (Fsp3) is 0.900. The van der Waals surface area contributed by atoms with Gasteiger partial charge in [-0.25, -0.2) is 0 Å². The van der Waals surface area contributed by atoms with E-state index < -0.39 is 0 Å². The third kappa shape index (κ3) is 8.72. The van der Waals surface area contributed by atoms with Crippen LogP contribution in [-0.4, -0.2) is 42.2 Å². The average Bonchev–Trinajstić information content (AvgIpc) is 2.25. The van der Waals surface area contributed by atoms with Gasteiger partial charge in [0.15, 0.2) is 0 Å². The van der Waals surface area contributed by atoms with Crippen LogP contribution < -0.4 is 11.1 Å². The smallest absolute Gasteiger partial charge is 0.236 e. The second-order valence-corrected chi connectivity index (χ2v) is 4.45. The Morgan fingerprint density at radius 3 is 2.80 bits per heavy atom. The van der Waals surface area contributed by atoms with Crippen LogP contribution in [0, 0.1) is 0 Å². The lowest BCUT2D eigenvalue weighted by Gasteiger charge is -2.11. The van der Waals surface area contributed by atoms with Gasteiger partial charge in [0.2, 0.25) is 5.91 Å². The number of aliphatic hydroxyl groups excluding tert-OH is 1. The summed E-state index contributed by atoms with van der Waals surface area (Å²) in [6, 6.07) is -0.379. The maximum atomic E-state index is 11.4. The van der Waals surface area contributed by atoms with E-state index in [1.807, 2.05) is 6.26 Å². The summed E-state index contributed by atoms with van der Waals surface area (Å²) in [5, 5.41) is 11.3. The Morgan fingerprint density at radius 1 is 1.47 bits per heavy atom. The van der Waals surface area contributed by atoms with Crippen LogP contribution in [0.5, 0.6) is 0 Å². The number of nitrogens with two attached hydrogens (primary N) is 1. The summed E-state index contributed by atoms with van der Waals surface area (Å²) >= 11 is 1.69. The van der Waals surface area contributed by atoms with Gasteiger partial charge in [0.1, 0.15) is 0 Å². The molecule has 90 valence electrons. The minimum Gasteiger partial charge on any atom is -0.396 e.